The molecule has 4 rings (SSSR count). The van der Waals surface area contributed by atoms with E-state index in [4.69, 9.17) is 5.73 Å². The first-order chi connectivity index (χ1) is 16.0. The fraction of sp³-hybridized carbons (Fsp3) is 0.250. The van der Waals surface area contributed by atoms with Crippen LogP contribution in [0.5, 0.6) is 0 Å². The van der Waals surface area contributed by atoms with Crippen LogP contribution in [0.1, 0.15) is 38.2 Å². The van der Waals surface area contributed by atoms with E-state index in [9.17, 15) is 30.3 Å². The second-order valence-electron chi connectivity index (χ2n) is 9.10. The highest BCUT2D eigenvalue weighted by molar-refractivity contribution is 6.01. The van der Waals surface area contributed by atoms with Crippen molar-refractivity contribution in [3.8, 4) is 6.07 Å². The summed E-state index contributed by atoms with van der Waals surface area (Å²) >= 11 is 0. The van der Waals surface area contributed by atoms with Crippen LogP contribution in [-0.4, -0.2) is 15.6 Å². The molecule has 0 radical (unpaired) electrons. The molecule has 0 saturated carbocycles. The predicted molar refractivity (Wildman–Crippen MR) is 123 cm³/mol. The highest BCUT2D eigenvalue weighted by Crippen LogP contribution is 2.50. The van der Waals surface area contributed by atoms with E-state index < -0.39 is 15.8 Å². The molecule has 0 aromatic heterocycles. The quantitative estimate of drug-likeness (QED) is 0.519. The number of benzene rings is 2. The molecule has 1 aliphatic carbocycles. The van der Waals surface area contributed by atoms with Gasteiger partial charge in [0.25, 0.3) is 11.4 Å². The molecule has 1 aliphatic heterocycles. The number of nitro benzene ring substituents is 2. The molecule has 0 amide bonds. The first-order valence-corrected chi connectivity index (χ1v) is 10.5. The minimum Gasteiger partial charge on any atom is -0.384 e. The normalized spacial score (nSPS) is 19.5. The Morgan fingerprint density at radius 3 is 2.03 bits per heavy atom. The Balaban J connectivity index is 1.94. The number of carbonyl (C=O) groups is 1. The van der Waals surface area contributed by atoms with Crippen LogP contribution in [0.2, 0.25) is 0 Å². The summed E-state index contributed by atoms with van der Waals surface area (Å²) in [6, 6.07) is 13.6. The molecular formula is C24H21N5O5. The number of nitrogens with zero attached hydrogens (tertiary/aromatic N) is 4. The Morgan fingerprint density at radius 2 is 1.53 bits per heavy atom. The largest absolute Gasteiger partial charge is 0.384 e. The molecule has 1 heterocycles. The lowest BCUT2D eigenvalue weighted by molar-refractivity contribution is -0.385. The van der Waals surface area contributed by atoms with E-state index in [2.05, 4.69) is 6.07 Å². The van der Waals surface area contributed by atoms with Gasteiger partial charge in [0.05, 0.1) is 27.4 Å². The summed E-state index contributed by atoms with van der Waals surface area (Å²) < 4.78 is 0. The van der Waals surface area contributed by atoms with Gasteiger partial charge in [-0.15, -0.1) is 0 Å². The smallest absolute Gasteiger partial charge is 0.269 e. The summed E-state index contributed by atoms with van der Waals surface area (Å²) in [6.45, 7) is 3.92. The molecular weight excluding hydrogens is 438 g/mol. The molecule has 10 heteroatoms. The summed E-state index contributed by atoms with van der Waals surface area (Å²) in [4.78, 5) is 36.2. The molecule has 0 fully saturated rings. The molecule has 34 heavy (non-hydrogen) atoms. The summed E-state index contributed by atoms with van der Waals surface area (Å²) in [7, 11) is 0. The van der Waals surface area contributed by atoms with E-state index in [1.165, 1.54) is 48.5 Å². The van der Waals surface area contributed by atoms with Gasteiger partial charge in [0.15, 0.2) is 5.78 Å². The molecule has 172 valence electrons. The van der Waals surface area contributed by atoms with Crippen molar-refractivity contribution in [3.63, 3.8) is 0 Å². The fourth-order valence-corrected chi connectivity index (χ4v) is 4.65. The average Bonchev–Trinajstić information content (AvgIpc) is 2.77. The number of nitro groups is 2. The van der Waals surface area contributed by atoms with E-state index >= 15 is 0 Å². The number of allylic oxidation sites excluding steroid dienone is 3. The third-order valence-electron chi connectivity index (χ3n) is 6.14. The summed E-state index contributed by atoms with van der Waals surface area (Å²) in [5, 5.41) is 32.2. The van der Waals surface area contributed by atoms with Gasteiger partial charge in [0.1, 0.15) is 5.82 Å². The van der Waals surface area contributed by atoms with Gasteiger partial charge in [-0.1, -0.05) is 26.0 Å². The molecule has 0 saturated heterocycles. The number of hydrogen-bond donors (Lipinski definition) is 1. The van der Waals surface area contributed by atoms with Crippen LogP contribution < -0.4 is 10.6 Å². The second kappa shape index (κ2) is 8.12. The molecule has 2 aromatic carbocycles. The monoisotopic (exact) mass is 459 g/mol. The average molecular weight is 459 g/mol. The number of nitrogens with two attached hydrogens (primary N) is 1. The van der Waals surface area contributed by atoms with E-state index in [1.807, 2.05) is 13.8 Å². The first-order valence-electron chi connectivity index (χ1n) is 10.5. The lowest BCUT2D eigenvalue weighted by Crippen LogP contribution is -2.42. The van der Waals surface area contributed by atoms with Gasteiger partial charge in [-0.05, 0) is 29.5 Å². The van der Waals surface area contributed by atoms with Crippen LogP contribution in [-0.2, 0) is 4.79 Å². The molecule has 2 aromatic rings. The van der Waals surface area contributed by atoms with Gasteiger partial charge in [-0.2, -0.15) is 5.26 Å². The zero-order chi connectivity index (χ0) is 24.8. The van der Waals surface area contributed by atoms with E-state index in [0.717, 1.165) is 0 Å². The molecule has 0 spiro atoms. The van der Waals surface area contributed by atoms with Crippen molar-refractivity contribution in [1.29, 1.82) is 5.26 Å². The minimum atomic E-state index is -0.765. The van der Waals surface area contributed by atoms with Crippen LogP contribution >= 0.6 is 0 Å². The summed E-state index contributed by atoms with van der Waals surface area (Å²) in [5.74, 6) is -0.788. The standard InChI is InChI=1S/C24H21N5O5/c1-24(2)11-19-22(20(30)12-24)21(14-3-5-16(6-4-14)28(31)32)18(13-25)23(26)27(19)15-7-9-17(10-8-15)29(33)34/h3-10,21H,11-12,26H2,1-2H3/t21-/m1/s1. The Labute approximate surface area is 194 Å². The van der Waals surface area contributed by atoms with Gasteiger partial charge < -0.3 is 5.73 Å². The third kappa shape index (κ3) is 3.77. The van der Waals surface area contributed by atoms with Gasteiger partial charge >= 0.3 is 0 Å². The Bertz CT molecular complexity index is 1320. The van der Waals surface area contributed by atoms with Gasteiger partial charge in [-0.25, -0.2) is 0 Å². The van der Waals surface area contributed by atoms with Crippen molar-refractivity contribution < 1.29 is 14.6 Å². The molecule has 0 unspecified atom stereocenters. The molecule has 1 atom stereocenters. The summed E-state index contributed by atoms with van der Waals surface area (Å²) in [5.41, 5.74) is 8.15. The van der Waals surface area contributed by atoms with Crippen molar-refractivity contribution in [2.45, 2.75) is 32.6 Å². The molecule has 2 aliphatic rings. The lowest BCUT2D eigenvalue weighted by atomic mass is 9.68. The summed E-state index contributed by atoms with van der Waals surface area (Å²) in [6.07, 6.45) is 0.746. The molecule has 2 N–H and O–H groups in total. The van der Waals surface area contributed by atoms with Crippen molar-refractivity contribution in [1.82, 2.24) is 0 Å². The van der Waals surface area contributed by atoms with Crippen molar-refractivity contribution >= 4 is 22.8 Å². The number of ketones is 1. The zero-order valence-electron chi connectivity index (χ0n) is 18.5. The number of nitriles is 1. The van der Waals surface area contributed by atoms with Crippen LogP contribution in [0.15, 0.2) is 71.2 Å². The van der Waals surface area contributed by atoms with Crippen LogP contribution in [0.25, 0.3) is 0 Å². The second-order valence-corrected chi connectivity index (χ2v) is 9.10. The minimum absolute atomic E-state index is 0.0955. The number of hydrogen-bond acceptors (Lipinski definition) is 8. The van der Waals surface area contributed by atoms with Gasteiger partial charge in [0, 0.05) is 47.6 Å². The van der Waals surface area contributed by atoms with Crippen LogP contribution in [0.4, 0.5) is 17.1 Å². The van der Waals surface area contributed by atoms with Crippen molar-refractivity contribution in [2.24, 2.45) is 11.1 Å². The number of rotatable bonds is 4. The first kappa shape index (κ1) is 22.7. The lowest BCUT2D eigenvalue weighted by Gasteiger charge is -2.43. The maximum Gasteiger partial charge on any atom is 0.269 e. The van der Waals surface area contributed by atoms with Crippen LogP contribution in [0, 0.1) is 37.0 Å². The Morgan fingerprint density at radius 1 is 1.00 bits per heavy atom. The van der Waals surface area contributed by atoms with E-state index in [-0.39, 0.29) is 40.4 Å². The predicted octanol–water partition coefficient (Wildman–Crippen LogP) is 4.44. The fourth-order valence-electron chi connectivity index (χ4n) is 4.65. The third-order valence-corrected chi connectivity index (χ3v) is 6.14. The topological polar surface area (TPSA) is 156 Å². The van der Waals surface area contributed by atoms with Gasteiger partial charge in [-0.3, -0.25) is 29.9 Å². The van der Waals surface area contributed by atoms with Crippen molar-refractivity contribution in [2.75, 3.05) is 4.90 Å². The maximum atomic E-state index is 13.4. The van der Waals surface area contributed by atoms with Crippen molar-refractivity contribution in [3.05, 3.63) is 97.0 Å². The number of carbonyl (C=O) groups excluding carboxylic acids is 1. The highest BCUT2D eigenvalue weighted by atomic mass is 16.6. The van der Waals surface area contributed by atoms with Gasteiger partial charge in [0.2, 0.25) is 0 Å². The zero-order valence-corrected chi connectivity index (χ0v) is 18.5. The SMILES string of the molecule is CC1(C)CC(=O)C2=C(C1)N(c1ccc([N+](=O)[O-])cc1)C(N)=C(C#N)[C@H]2c1ccc([N+](=O)[O-])cc1. The Hall–Kier alpha value is -4.52. The molecule has 10 nitrogen and oxygen atoms in total. The van der Waals surface area contributed by atoms with Crippen LogP contribution in [0.3, 0.4) is 0 Å². The highest BCUT2D eigenvalue weighted by Gasteiger charge is 2.44. The van der Waals surface area contributed by atoms with E-state index in [1.54, 1.807) is 4.90 Å². The molecule has 0 bridgehead atoms. The van der Waals surface area contributed by atoms with E-state index in [0.29, 0.717) is 28.9 Å². The number of Topliss-reactive ketones (excluding diaryl/α,β-unsaturated/α-hetero) is 1. The maximum absolute atomic E-state index is 13.4. The Kier molecular flexibility index (Phi) is 5.41. The number of non-ortho nitro benzene ring substituents is 2. The number of anilines is 1.